The minimum Gasteiger partial charge on any atom is -0.313 e. The molecule has 18 heavy (non-hydrogen) atoms. The molecule has 0 heterocycles. The van der Waals surface area contributed by atoms with E-state index in [1.165, 1.54) is 11.8 Å². The molecular formula is C13H18BrNO2S. The first-order valence-corrected chi connectivity index (χ1v) is 8.96. The second-order valence-corrected chi connectivity index (χ2v) is 8.18. The van der Waals surface area contributed by atoms with Crippen LogP contribution in [0.15, 0.2) is 28.7 Å². The normalized spacial score (nSPS) is 23.7. The lowest BCUT2D eigenvalue weighted by molar-refractivity contribution is 0.296. The van der Waals surface area contributed by atoms with E-state index in [4.69, 9.17) is 0 Å². The second kappa shape index (κ2) is 5.72. The zero-order chi connectivity index (χ0) is 13.2. The van der Waals surface area contributed by atoms with Gasteiger partial charge in [-0.3, -0.25) is 0 Å². The third-order valence-corrected chi connectivity index (χ3v) is 4.80. The van der Waals surface area contributed by atoms with Gasteiger partial charge in [0.25, 0.3) is 0 Å². The van der Waals surface area contributed by atoms with Gasteiger partial charge in [-0.25, -0.2) is 8.42 Å². The molecule has 0 amide bonds. The smallest absolute Gasteiger partial charge is 0.148 e. The summed E-state index contributed by atoms with van der Waals surface area (Å²) in [5, 5.41) is 3.30. The van der Waals surface area contributed by atoms with Gasteiger partial charge in [-0.05, 0) is 36.5 Å². The lowest BCUT2D eigenvalue weighted by atomic mass is 9.76. The molecule has 1 aliphatic carbocycles. The molecule has 0 atom stereocenters. The van der Waals surface area contributed by atoms with Crippen molar-refractivity contribution in [1.29, 1.82) is 0 Å². The Labute approximate surface area is 117 Å². The molecule has 0 aromatic heterocycles. The van der Waals surface area contributed by atoms with Crippen molar-refractivity contribution in [3.8, 4) is 0 Å². The van der Waals surface area contributed by atoms with Crippen LogP contribution in [0.4, 0.5) is 0 Å². The summed E-state index contributed by atoms with van der Waals surface area (Å²) in [4.78, 5) is 0. The fourth-order valence-corrected chi connectivity index (χ4v) is 3.17. The van der Waals surface area contributed by atoms with Gasteiger partial charge in [-0.15, -0.1) is 0 Å². The predicted molar refractivity (Wildman–Crippen MR) is 77.6 cm³/mol. The van der Waals surface area contributed by atoms with Gasteiger partial charge in [0.05, 0.1) is 5.75 Å². The zero-order valence-electron chi connectivity index (χ0n) is 10.4. The number of hydrogen-bond donors (Lipinski definition) is 1. The topological polar surface area (TPSA) is 46.2 Å². The van der Waals surface area contributed by atoms with Crippen LogP contribution in [0.5, 0.6) is 0 Å². The van der Waals surface area contributed by atoms with E-state index < -0.39 is 9.84 Å². The highest BCUT2D eigenvalue weighted by atomic mass is 79.9. The van der Waals surface area contributed by atoms with Gasteiger partial charge >= 0.3 is 0 Å². The Morgan fingerprint density at radius 1 is 1.39 bits per heavy atom. The molecule has 1 saturated carbocycles. The van der Waals surface area contributed by atoms with Crippen LogP contribution in [-0.4, -0.2) is 33.0 Å². The summed E-state index contributed by atoms with van der Waals surface area (Å²) >= 11 is 3.48. The van der Waals surface area contributed by atoms with Crippen molar-refractivity contribution in [3.63, 3.8) is 0 Å². The number of rotatable bonds is 5. The van der Waals surface area contributed by atoms with E-state index in [0.29, 0.717) is 18.5 Å². The summed E-state index contributed by atoms with van der Waals surface area (Å²) in [6.45, 7) is 0.564. The number of hydrogen-bond acceptors (Lipinski definition) is 3. The zero-order valence-corrected chi connectivity index (χ0v) is 12.8. The Balaban J connectivity index is 1.74. The first-order valence-electron chi connectivity index (χ1n) is 6.10. The van der Waals surface area contributed by atoms with E-state index in [1.807, 2.05) is 6.07 Å². The molecule has 1 aromatic carbocycles. The van der Waals surface area contributed by atoms with E-state index in [0.717, 1.165) is 17.3 Å². The quantitative estimate of drug-likeness (QED) is 0.900. The van der Waals surface area contributed by atoms with Crippen LogP contribution in [0, 0.1) is 0 Å². The van der Waals surface area contributed by atoms with Crippen LogP contribution in [0.2, 0.25) is 0 Å². The molecule has 5 heteroatoms. The molecule has 0 unspecified atom stereocenters. The highest BCUT2D eigenvalue weighted by molar-refractivity contribution is 9.10. The fraction of sp³-hybridized carbons (Fsp3) is 0.538. The van der Waals surface area contributed by atoms with Gasteiger partial charge in [0.15, 0.2) is 0 Å². The summed E-state index contributed by atoms with van der Waals surface area (Å²) in [6.07, 6.45) is 3.47. The third-order valence-electron chi connectivity index (χ3n) is 3.36. The van der Waals surface area contributed by atoms with Gasteiger partial charge in [0, 0.05) is 23.3 Å². The van der Waals surface area contributed by atoms with Crippen molar-refractivity contribution < 1.29 is 8.42 Å². The van der Waals surface area contributed by atoms with Gasteiger partial charge in [-0.2, -0.15) is 0 Å². The minimum absolute atomic E-state index is 0.227. The summed E-state index contributed by atoms with van der Waals surface area (Å²) in [6, 6.07) is 8.88. The van der Waals surface area contributed by atoms with Gasteiger partial charge in [0.1, 0.15) is 9.84 Å². The number of sulfone groups is 1. The number of benzene rings is 1. The van der Waals surface area contributed by atoms with Crippen molar-refractivity contribution in [1.82, 2.24) is 5.32 Å². The molecule has 1 N–H and O–H groups in total. The Morgan fingerprint density at radius 2 is 2.11 bits per heavy atom. The Morgan fingerprint density at radius 3 is 2.72 bits per heavy atom. The van der Waals surface area contributed by atoms with Crippen LogP contribution < -0.4 is 5.32 Å². The summed E-state index contributed by atoms with van der Waals surface area (Å²) in [7, 11) is -2.84. The van der Waals surface area contributed by atoms with Crippen LogP contribution >= 0.6 is 15.9 Å². The Hall–Kier alpha value is -0.390. The van der Waals surface area contributed by atoms with E-state index >= 15 is 0 Å². The van der Waals surface area contributed by atoms with Crippen molar-refractivity contribution in [2.45, 2.75) is 24.8 Å². The molecule has 0 radical (unpaired) electrons. The molecule has 2 rings (SSSR count). The van der Waals surface area contributed by atoms with E-state index in [1.54, 1.807) is 0 Å². The van der Waals surface area contributed by atoms with Crippen LogP contribution in [0.1, 0.15) is 24.3 Å². The molecule has 0 aliphatic heterocycles. The molecule has 0 bridgehead atoms. The lowest BCUT2D eigenvalue weighted by Gasteiger charge is -2.36. The van der Waals surface area contributed by atoms with E-state index in [-0.39, 0.29) is 5.75 Å². The first-order chi connectivity index (χ1) is 8.44. The molecule has 0 saturated heterocycles. The van der Waals surface area contributed by atoms with E-state index in [9.17, 15) is 8.42 Å². The maximum absolute atomic E-state index is 11.0. The van der Waals surface area contributed by atoms with Crippen molar-refractivity contribution >= 4 is 25.8 Å². The average molecular weight is 332 g/mol. The largest absolute Gasteiger partial charge is 0.313 e. The lowest BCUT2D eigenvalue weighted by Crippen LogP contribution is -2.41. The maximum Gasteiger partial charge on any atom is 0.148 e. The highest BCUT2D eigenvalue weighted by Gasteiger charge is 2.29. The van der Waals surface area contributed by atoms with Gasteiger partial charge < -0.3 is 5.32 Å². The molecule has 0 spiro atoms. The van der Waals surface area contributed by atoms with Crippen LogP contribution in [0.3, 0.4) is 0 Å². The molecule has 1 aliphatic rings. The molecule has 1 aromatic rings. The molecule has 1 fully saturated rings. The summed E-state index contributed by atoms with van der Waals surface area (Å²) in [5.74, 6) is 0.837. The highest BCUT2D eigenvalue weighted by Crippen LogP contribution is 2.37. The van der Waals surface area contributed by atoms with Crippen molar-refractivity contribution in [3.05, 3.63) is 34.3 Å². The predicted octanol–water partition coefficient (Wildman–Crippen LogP) is 2.33. The standard InChI is InChI=1S/C13H18BrNO2S/c1-18(16,17)6-5-15-13-8-11(9-13)10-3-2-4-12(14)7-10/h2-4,7,11,13,15H,5-6,8-9H2,1H3. The molecule has 3 nitrogen and oxygen atoms in total. The number of halogens is 1. The van der Waals surface area contributed by atoms with Crippen molar-refractivity contribution in [2.75, 3.05) is 18.6 Å². The minimum atomic E-state index is -2.84. The van der Waals surface area contributed by atoms with E-state index in [2.05, 4.69) is 39.4 Å². The Bertz CT molecular complexity index is 509. The first kappa shape index (κ1) is 14.0. The summed E-state index contributed by atoms with van der Waals surface area (Å²) in [5.41, 5.74) is 1.37. The average Bonchev–Trinajstić information content (AvgIpc) is 2.19. The third kappa shape index (κ3) is 4.07. The molecular weight excluding hydrogens is 314 g/mol. The summed E-state index contributed by atoms with van der Waals surface area (Å²) < 4.78 is 23.1. The van der Waals surface area contributed by atoms with Crippen molar-refractivity contribution in [2.24, 2.45) is 0 Å². The SMILES string of the molecule is CS(=O)(=O)CCNC1CC(c2cccc(Br)c2)C1. The van der Waals surface area contributed by atoms with Gasteiger partial charge in [0.2, 0.25) is 0 Å². The van der Waals surface area contributed by atoms with Crippen LogP contribution in [0.25, 0.3) is 0 Å². The monoisotopic (exact) mass is 331 g/mol. The number of nitrogens with one attached hydrogen (secondary N) is 1. The van der Waals surface area contributed by atoms with Gasteiger partial charge in [-0.1, -0.05) is 28.1 Å². The van der Waals surface area contributed by atoms with Crippen LogP contribution in [-0.2, 0) is 9.84 Å². The molecule has 100 valence electrons. The second-order valence-electron chi connectivity index (χ2n) is 5.00. The maximum atomic E-state index is 11.0. The fourth-order valence-electron chi connectivity index (χ4n) is 2.27. The Kier molecular flexibility index (Phi) is 4.45.